The minimum absolute atomic E-state index is 0.0765. The van der Waals surface area contributed by atoms with Crippen LogP contribution in [0, 0.1) is 0 Å². The summed E-state index contributed by atoms with van der Waals surface area (Å²) in [6.45, 7) is -3.30. The van der Waals surface area contributed by atoms with Crippen LogP contribution in [0.2, 0.25) is 0 Å². The highest BCUT2D eigenvalue weighted by Crippen LogP contribution is 2.60. The minimum Gasteiger partial charge on any atom is -0.504 e. The summed E-state index contributed by atoms with van der Waals surface area (Å²) in [4.78, 5) is 149. The monoisotopic (exact) mass is 1870 g/mol. The number of phenolic OH excluding ortho intramolecular Hbond substituents is 29. The van der Waals surface area contributed by atoms with E-state index in [1.807, 2.05) is 0 Å². The van der Waals surface area contributed by atoms with Crippen molar-refractivity contribution in [3.05, 3.63) is 134 Å². The lowest BCUT2D eigenvalue weighted by atomic mass is 9.91. The van der Waals surface area contributed by atoms with E-state index < -0.39 is 402 Å². The molecule has 134 heavy (non-hydrogen) atoms. The average Bonchev–Trinajstić information content (AvgIpc) is 0.894. The smallest absolute Gasteiger partial charge is 0.342 e. The molecule has 5 heterocycles. The summed E-state index contributed by atoms with van der Waals surface area (Å²) in [6, 6.07) is 4.08. The fourth-order valence-electron chi connectivity index (χ4n) is 14.5. The van der Waals surface area contributed by atoms with Gasteiger partial charge in [0.15, 0.2) is 157 Å². The number of carbonyl (C=O) groups excluding carboxylic acids is 10. The van der Waals surface area contributed by atoms with E-state index >= 15 is 28.8 Å². The Morgan fingerprint density at radius 1 is 0.276 bits per heavy atom. The Hall–Kier alpha value is -19.2. The predicted octanol–water partition coefficient (Wildman–Crippen LogP) is 3.71. The molecule has 5 aliphatic heterocycles. The summed E-state index contributed by atoms with van der Waals surface area (Å²) in [5.74, 6) is -67.4. The molecule has 10 aromatic rings. The molecule has 5 aliphatic rings. The van der Waals surface area contributed by atoms with Gasteiger partial charge in [0.25, 0.3) is 0 Å². The van der Waals surface area contributed by atoms with Gasteiger partial charge in [-0.05, 0) is 66.7 Å². The minimum atomic E-state index is -3.01. The maximum Gasteiger partial charge on any atom is 0.342 e. The lowest BCUT2D eigenvalue weighted by molar-refractivity contribution is -0.283. The van der Waals surface area contributed by atoms with Crippen molar-refractivity contribution in [3.63, 3.8) is 0 Å². The van der Waals surface area contributed by atoms with E-state index in [2.05, 4.69) is 0 Å². The highest BCUT2D eigenvalue weighted by Gasteiger charge is 2.59. The summed E-state index contributed by atoms with van der Waals surface area (Å²) in [5.41, 5.74) is -20.8. The number of cyclic esters (lactones) is 1. The van der Waals surface area contributed by atoms with Gasteiger partial charge in [0.05, 0.1) is 50.1 Å². The van der Waals surface area contributed by atoms with Gasteiger partial charge in [-0.25, -0.2) is 47.9 Å². The molecule has 29 N–H and O–H groups in total. The van der Waals surface area contributed by atoms with Crippen LogP contribution in [0.5, 0.6) is 178 Å². The first-order valence-electron chi connectivity index (χ1n) is 37.1. The van der Waals surface area contributed by atoms with Crippen LogP contribution in [-0.4, -0.2) is 282 Å². The summed E-state index contributed by atoms with van der Waals surface area (Å²) < 4.78 is 74.5. The van der Waals surface area contributed by atoms with Crippen molar-refractivity contribution in [1.29, 1.82) is 0 Å². The second-order valence-corrected chi connectivity index (χ2v) is 29.0. The van der Waals surface area contributed by atoms with Gasteiger partial charge in [-0.2, -0.15) is 0 Å². The highest BCUT2D eigenvalue weighted by atomic mass is 16.8. The predicted molar refractivity (Wildman–Crippen MR) is 414 cm³/mol. The van der Waals surface area contributed by atoms with Gasteiger partial charge in [0, 0.05) is 45.5 Å². The number of benzene rings is 10. The molecule has 0 saturated carbocycles. The summed E-state index contributed by atoms with van der Waals surface area (Å²) >= 11 is 0. The van der Waals surface area contributed by atoms with E-state index in [0.717, 1.165) is 0 Å². The molecule has 15 rings (SSSR count). The molecule has 696 valence electrons. The molecule has 0 amide bonds. The van der Waals surface area contributed by atoms with Crippen molar-refractivity contribution < 1.29 is 258 Å². The third kappa shape index (κ3) is 15.0. The van der Waals surface area contributed by atoms with Gasteiger partial charge >= 0.3 is 59.7 Å². The number of rotatable bonds is 11. The number of fused-ring (bicyclic) bond motifs is 13. The molecule has 10 atom stereocenters. The van der Waals surface area contributed by atoms with Gasteiger partial charge in [-0.1, -0.05) is 0 Å². The molecule has 2 saturated heterocycles. The summed E-state index contributed by atoms with van der Waals surface area (Å²) in [5, 5.41) is 319. The van der Waals surface area contributed by atoms with Crippen molar-refractivity contribution in [2.75, 3.05) is 13.2 Å². The molecule has 0 aliphatic carbocycles. The Morgan fingerprint density at radius 3 is 0.940 bits per heavy atom. The van der Waals surface area contributed by atoms with Crippen molar-refractivity contribution in [2.45, 2.75) is 61.4 Å². The Bertz CT molecular complexity index is 6800. The van der Waals surface area contributed by atoms with Crippen molar-refractivity contribution in [3.8, 4) is 212 Å². The second-order valence-electron chi connectivity index (χ2n) is 29.0. The molecule has 0 aromatic heterocycles. The highest BCUT2D eigenvalue weighted by molar-refractivity contribution is 6.12. The van der Waals surface area contributed by atoms with E-state index in [4.69, 9.17) is 61.6 Å². The number of hydrogen-bond donors (Lipinski definition) is 29. The van der Waals surface area contributed by atoms with Crippen LogP contribution < -0.4 is 4.74 Å². The fraction of sp³-hybridized carbons (Fsp3) is 0.146. The van der Waals surface area contributed by atoms with Crippen LogP contribution in [0.25, 0.3) is 33.4 Å². The summed E-state index contributed by atoms with van der Waals surface area (Å²) in [7, 11) is 0. The second kappa shape index (κ2) is 32.9. The Balaban J connectivity index is 0.865. The maximum atomic E-state index is 15.6. The zero-order valence-corrected chi connectivity index (χ0v) is 65.6. The molecule has 10 aromatic carbocycles. The van der Waals surface area contributed by atoms with Crippen LogP contribution in [0.4, 0.5) is 0 Å². The van der Waals surface area contributed by atoms with Crippen molar-refractivity contribution >= 4 is 59.7 Å². The van der Waals surface area contributed by atoms with Crippen LogP contribution in [0.3, 0.4) is 0 Å². The third-order valence-corrected chi connectivity index (χ3v) is 21.0. The summed E-state index contributed by atoms with van der Waals surface area (Å²) in [6.07, 6.45) is -28.4. The zero-order valence-electron chi connectivity index (χ0n) is 65.6. The van der Waals surface area contributed by atoms with Gasteiger partial charge < -0.3 is 210 Å². The van der Waals surface area contributed by atoms with E-state index in [-0.39, 0.29) is 36.4 Å². The number of ether oxygens (including phenoxy) is 13. The van der Waals surface area contributed by atoms with Crippen LogP contribution >= 0.6 is 0 Å². The number of esters is 10. The molecule has 52 heteroatoms. The normalized spacial score (nSPS) is 19.5. The van der Waals surface area contributed by atoms with Gasteiger partial charge in [-0.3, -0.25) is 0 Å². The van der Waals surface area contributed by atoms with Crippen LogP contribution in [0.1, 0.15) is 104 Å². The number of hydrogen-bond acceptors (Lipinski definition) is 52. The van der Waals surface area contributed by atoms with E-state index in [1.165, 1.54) is 0 Å². The number of carbonyl (C=O) groups is 10. The number of phenols is 29. The Kier molecular flexibility index (Phi) is 22.0. The first kappa shape index (κ1) is 89.6. The zero-order chi connectivity index (χ0) is 97.5. The standard InChI is InChI=1S/C82H56O52/c83-26-1-16(2-27(84)47(26)95)71(112)122-14-39-66(68-70(81(125-39)133-72(113)17-3-28(85)48(96)29(86)4-17)132-79(120)23-11-36(93)53(101)60(108)44(23)42-21(77(118)130-68)9-34(91)51(99)58(42)106)128-80(121)25-12-37(94)55(103)63(111)64(25)124-38-13-24-46(62(110)56(38)104)45-19(7-32(89)54(102)61(45)109)75(116)127-65-40(15-123-74(24)115)126-82(134-73(114)18-5-30(87)49(97)31(88)6-18)69-67(65)129-76(117)20-8-33(90)50(98)57(105)41(20)43-22(78(119)131-69)10-35(92)52(100)59(43)107/h1-13,39-40,65-70,81-111H,14-15H2. The number of aromatic hydroxyl groups is 29. The van der Waals surface area contributed by atoms with Crippen molar-refractivity contribution in [1.82, 2.24) is 0 Å². The fourth-order valence-corrected chi connectivity index (χ4v) is 14.5. The lowest BCUT2D eigenvalue weighted by Gasteiger charge is -2.44. The van der Waals surface area contributed by atoms with E-state index in [1.54, 1.807) is 0 Å². The van der Waals surface area contributed by atoms with Crippen LogP contribution in [0.15, 0.2) is 78.9 Å². The van der Waals surface area contributed by atoms with Gasteiger partial charge in [0.2, 0.25) is 70.8 Å². The average molecular weight is 1870 g/mol. The maximum absolute atomic E-state index is 15.6. The van der Waals surface area contributed by atoms with Gasteiger partial charge in [0.1, 0.15) is 31.0 Å². The third-order valence-electron chi connectivity index (χ3n) is 21.0. The quantitative estimate of drug-likeness (QED) is 0.0498. The molecular weight excluding hydrogens is 1820 g/mol. The molecule has 2 fully saturated rings. The van der Waals surface area contributed by atoms with Crippen molar-refractivity contribution in [2.24, 2.45) is 0 Å². The Morgan fingerprint density at radius 2 is 0.567 bits per heavy atom. The first-order valence-corrected chi connectivity index (χ1v) is 37.1. The topological polar surface area (TPSA) is 877 Å². The molecule has 10 unspecified atom stereocenters. The molecular formula is C82H56O52. The van der Waals surface area contributed by atoms with Crippen LogP contribution in [-0.2, 0) is 56.8 Å². The lowest BCUT2D eigenvalue weighted by Crippen LogP contribution is -2.63. The van der Waals surface area contributed by atoms with Gasteiger partial charge in [-0.15, -0.1) is 0 Å². The largest absolute Gasteiger partial charge is 0.504 e. The Labute approximate surface area is 735 Å². The molecule has 0 spiro atoms. The molecule has 52 nitrogen and oxygen atoms in total. The van der Waals surface area contributed by atoms with E-state index in [9.17, 15) is 167 Å². The molecule has 0 radical (unpaired) electrons. The molecule has 0 bridgehead atoms. The van der Waals surface area contributed by atoms with E-state index in [0.29, 0.717) is 42.5 Å². The SMILES string of the molecule is O=C(OCC1OC(OC(=O)c2cc(O)c(O)c(O)c2)C2OC(=O)c3cc(O)c(O)c(O)c3-c3c(cc(O)c(O)c3O)C(=O)OC2C1OC(=O)c1cc(O)c(O)c(O)c1Oc1cc2c(c(O)c1O)-c1c(cc(O)c(O)c1O)C(=O)OC1C(COC2=O)OC(OC(=O)c2cc(O)c(O)c(O)c2)C2OC(=O)c3cc(O)c(O)c(O)c3-c3c(cc(O)c(O)c3O)C(=O)OC12)c1cc(O)c(O)c(O)c1. The first-order chi connectivity index (χ1) is 63.1.